The molecule has 0 spiro atoms. The zero-order chi connectivity index (χ0) is 22.6. The van der Waals surface area contributed by atoms with Crippen molar-refractivity contribution in [2.75, 3.05) is 26.2 Å². The molecule has 8 heteroatoms. The van der Waals surface area contributed by atoms with Gasteiger partial charge in [-0.2, -0.15) is 13.2 Å². The van der Waals surface area contributed by atoms with Gasteiger partial charge >= 0.3 is 6.18 Å². The lowest BCUT2D eigenvalue weighted by Gasteiger charge is -2.32. The summed E-state index contributed by atoms with van der Waals surface area (Å²) in [6.45, 7) is 0.0177. The van der Waals surface area contributed by atoms with Crippen molar-refractivity contribution in [1.82, 2.24) is 15.2 Å². The number of aromatic nitrogens is 1. The van der Waals surface area contributed by atoms with E-state index in [0.717, 1.165) is 17.4 Å². The van der Waals surface area contributed by atoms with Gasteiger partial charge in [-0.3, -0.25) is 14.7 Å². The number of carbonyl (C=O) groups excluding carboxylic acids is 1. The Morgan fingerprint density at radius 1 is 1.09 bits per heavy atom. The summed E-state index contributed by atoms with van der Waals surface area (Å²) < 4.78 is 46.4. The number of halogens is 3. The fourth-order valence-electron chi connectivity index (χ4n) is 3.93. The fourth-order valence-corrected chi connectivity index (χ4v) is 3.93. The number of nitrogens with zero attached hydrogens (tertiary/aromatic N) is 2. The number of carbonyl (C=O) groups is 1. The quantitative estimate of drug-likeness (QED) is 0.601. The van der Waals surface area contributed by atoms with Gasteiger partial charge < -0.3 is 10.1 Å². The molecule has 1 N–H and O–H groups in total. The van der Waals surface area contributed by atoms with Crippen LogP contribution in [0.1, 0.15) is 11.1 Å². The molecule has 1 atom stereocenters. The number of hydrogen-bond acceptors (Lipinski definition) is 4. The summed E-state index contributed by atoms with van der Waals surface area (Å²) in [5.74, 6) is -1.84. The Bertz CT molecular complexity index is 1080. The third-order valence-corrected chi connectivity index (χ3v) is 5.65. The Kier molecular flexibility index (Phi) is 6.60. The van der Waals surface area contributed by atoms with Crippen molar-refractivity contribution in [3.8, 4) is 5.75 Å². The fraction of sp³-hybridized carbons (Fsp3) is 0.333. The molecule has 1 amide bonds. The van der Waals surface area contributed by atoms with Crippen LogP contribution in [0.2, 0.25) is 0 Å². The molecular formula is C24H24F3N3O2. The first-order valence-corrected chi connectivity index (χ1v) is 10.5. The van der Waals surface area contributed by atoms with E-state index in [0.29, 0.717) is 24.4 Å². The van der Waals surface area contributed by atoms with Crippen molar-refractivity contribution in [2.24, 2.45) is 5.92 Å². The normalized spacial score (nSPS) is 15.2. The van der Waals surface area contributed by atoms with E-state index in [4.69, 9.17) is 4.74 Å². The molecule has 2 heterocycles. The van der Waals surface area contributed by atoms with Crippen LogP contribution in [0.5, 0.6) is 5.75 Å². The molecular weight excluding hydrogens is 419 g/mol. The molecule has 32 heavy (non-hydrogen) atoms. The Morgan fingerprint density at radius 2 is 1.88 bits per heavy atom. The highest BCUT2D eigenvalue weighted by Gasteiger charge is 2.41. The van der Waals surface area contributed by atoms with E-state index in [1.54, 1.807) is 29.3 Å². The molecule has 1 aromatic heterocycles. The molecule has 2 aromatic carbocycles. The number of pyridine rings is 1. The standard InChI is InChI=1S/C24H24F3N3O2/c25-24(26,27)20(15-30-12-10-17-5-1-2-6-19(17)14-30)13-29-22(31)16-32-21-9-3-7-18-8-4-11-28-23(18)21/h1-9,11,20H,10,12-16H2,(H,29,31). The van der Waals surface area contributed by atoms with E-state index in [9.17, 15) is 18.0 Å². The number of hydrogen-bond donors (Lipinski definition) is 1. The minimum absolute atomic E-state index is 0.161. The predicted octanol–water partition coefficient (Wildman–Crippen LogP) is 3.97. The number of alkyl halides is 3. The Balaban J connectivity index is 1.32. The largest absolute Gasteiger partial charge is 0.481 e. The van der Waals surface area contributed by atoms with Crippen LogP contribution in [-0.2, 0) is 17.8 Å². The molecule has 1 unspecified atom stereocenters. The molecule has 0 bridgehead atoms. The maximum Gasteiger partial charge on any atom is 0.394 e. The van der Waals surface area contributed by atoms with Crippen LogP contribution in [0.3, 0.4) is 0 Å². The van der Waals surface area contributed by atoms with Gasteiger partial charge in [0.25, 0.3) is 5.91 Å². The Morgan fingerprint density at radius 3 is 2.69 bits per heavy atom. The van der Waals surface area contributed by atoms with Crippen LogP contribution in [0.25, 0.3) is 10.9 Å². The number of benzene rings is 2. The third kappa shape index (κ3) is 5.37. The second kappa shape index (κ2) is 9.56. The number of nitrogens with one attached hydrogen (secondary N) is 1. The number of ether oxygens (including phenoxy) is 1. The average Bonchev–Trinajstić information content (AvgIpc) is 2.79. The topological polar surface area (TPSA) is 54.5 Å². The van der Waals surface area contributed by atoms with Crippen molar-refractivity contribution in [3.63, 3.8) is 0 Å². The van der Waals surface area contributed by atoms with E-state index in [1.807, 2.05) is 36.4 Å². The second-order valence-corrected chi connectivity index (χ2v) is 7.92. The predicted molar refractivity (Wildman–Crippen MR) is 115 cm³/mol. The van der Waals surface area contributed by atoms with Gasteiger partial charge in [-0.25, -0.2) is 0 Å². The Hall–Kier alpha value is -3.13. The lowest BCUT2D eigenvalue weighted by molar-refractivity contribution is -0.178. The summed E-state index contributed by atoms with van der Waals surface area (Å²) in [5, 5.41) is 3.24. The summed E-state index contributed by atoms with van der Waals surface area (Å²) in [4.78, 5) is 18.2. The summed E-state index contributed by atoms with van der Waals surface area (Å²) in [6, 6.07) is 16.8. The first kappa shape index (κ1) is 22.1. The number of amides is 1. The van der Waals surface area contributed by atoms with Gasteiger partial charge in [0.05, 0.1) is 5.92 Å². The van der Waals surface area contributed by atoms with Gasteiger partial charge in [-0.1, -0.05) is 42.5 Å². The highest BCUT2D eigenvalue weighted by Crippen LogP contribution is 2.29. The molecule has 1 aliphatic rings. The van der Waals surface area contributed by atoms with Crippen LogP contribution < -0.4 is 10.1 Å². The smallest absolute Gasteiger partial charge is 0.394 e. The maximum atomic E-state index is 13.6. The third-order valence-electron chi connectivity index (χ3n) is 5.65. The van der Waals surface area contributed by atoms with Crippen molar-refractivity contribution in [1.29, 1.82) is 0 Å². The van der Waals surface area contributed by atoms with Crippen LogP contribution in [0.4, 0.5) is 13.2 Å². The highest BCUT2D eigenvalue weighted by molar-refractivity contribution is 5.85. The molecule has 0 saturated heterocycles. The lowest BCUT2D eigenvalue weighted by atomic mass is 9.98. The minimum Gasteiger partial charge on any atom is -0.481 e. The minimum atomic E-state index is -4.41. The lowest BCUT2D eigenvalue weighted by Crippen LogP contribution is -2.45. The van der Waals surface area contributed by atoms with Gasteiger partial charge in [0, 0.05) is 37.8 Å². The van der Waals surface area contributed by atoms with Crippen LogP contribution in [0.15, 0.2) is 60.8 Å². The van der Waals surface area contributed by atoms with Gasteiger partial charge in [0.2, 0.25) is 0 Å². The zero-order valence-corrected chi connectivity index (χ0v) is 17.4. The molecule has 0 radical (unpaired) electrons. The maximum absolute atomic E-state index is 13.6. The van der Waals surface area contributed by atoms with Gasteiger partial charge in [-0.05, 0) is 29.7 Å². The first-order valence-electron chi connectivity index (χ1n) is 10.5. The average molecular weight is 443 g/mol. The summed E-state index contributed by atoms with van der Waals surface area (Å²) in [6.07, 6.45) is -2.08. The van der Waals surface area contributed by atoms with E-state index in [2.05, 4.69) is 10.3 Å². The van der Waals surface area contributed by atoms with Gasteiger partial charge in [0.1, 0.15) is 11.3 Å². The molecule has 0 saturated carbocycles. The van der Waals surface area contributed by atoms with E-state index in [1.165, 1.54) is 5.56 Å². The monoisotopic (exact) mass is 443 g/mol. The van der Waals surface area contributed by atoms with Crippen molar-refractivity contribution < 1.29 is 22.7 Å². The molecule has 0 aliphatic carbocycles. The first-order chi connectivity index (χ1) is 15.4. The van der Waals surface area contributed by atoms with Gasteiger partial charge in [-0.15, -0.1) is 0 Å². The summed E-state index contributed by atoms with van der Waals surface area (Å²) in [7, 11) is 0. The molecule has 4 rings (SSSR count). The second-order valence-electron chi connectivity index (χ2n) is 7.92. The summed E-state index contributed by atoms with van der Waals surface area (Å²) in [5.41, 5.74) is 2.84. The van der Waals surface area contributed by atoms with Gasteiger partial charge in [0.15, 0.2) is 6.61 Å². The van der Waals surface area contributed by atoms with Crippen LogP contribution in [0, 0.1) is 5.92 Å². The van der Waals surface area contributed by atoms with E-state index >= 15 is 0 Å². The van der Waals surface area contributed by atoms with E-state index < -0.39 is 24.5 Å². The molecule has 0 fully saturated rings. The SMILES string of the molecule is O=C(COc1cccc2cccnc12)NCC(CN1CCc2ccccc2C1)C(F)(F)F. The van der Waals surface area contributed by atoms with E-state index in [-0.39, 0.29) is 13.2 Å². The Labute approximate surface area is 184 Å². The number of fused-ring (bicyclic) bond motifs is 2. The van der Waals surface area contributed by atoms with Crippen molar-refractivity contribution >= 4 is 16.8 Å². The zero-order valence-electron chi connectivity index (χ0n) is 17.4. The summed E-state index contributed by atoms with van der Waals surface area (Å²) >= 11 is 0. The highest BCUT2D eigenvalue weighted by atomic mass is 19.4. The van der Waals surface area contributed by atoms with Crippen LogP contribution >= 0.6 is 0 Å². The number of para-hydroxylation sites is 1. The molecule has 3 aromatic rings. The number of rotatable bonds is 7. The molecule has 5 nitrogen and oxygen atoms in total. The van der Waals surface area contributed by atoms with Crippen LogP contribution in [-0.4, -0.2) is 48.2 Å². The van der Waals surface area contributed by atoms with Crippen molar-refractivity contribution in [2.45, 2.75) is 19.1 Å². The van der Waals surface area contributed by atoms with Crippen molar-refractivity contribution in [3.05, 3.63) is 71.9 Å². The molecule has 1 aliphatic heterocycles. The molecule has 168 valence electrons.